The molecule has 10 heteroatoms. The minimum Gasteiger partial charge on any atom is -0.325 e. The number of sulfonamides is 1. The van der Waals surface area contributed by atoms with E-state index < -0.39 is 39.1 Å². The predicted molar refractivity (Wildman–Crippen MR) is 82.9 cm³/mol. The van der Waals surface area contributed by atoms with Gasteiger partial charge in [0.15, 0.2) is 17.5 Å². The zero-order valence-electron chi connectivity index (χ0n) is 12.0. The molecular formula is C14H10ClF3N2O3S. The molecule has 0 aliphatic rings. The fourth-order valence-corrected chi connectivity index (χ4v) is 3.14. The Morgan fingerprint density at radius 3 is 2.25 bits per heavy atom. The van der Waals surface area contributed by atoms with Crippen molar-refractivity contribution >= 4 is 38.9 Å². The number of anilines is 2. The summed E-state index contributed by atoms with van der Waals surface area (Å²) in [7, 11) is -4.31. The van der Waals surface area contributed by atoms with E-state index in [0.717, 1.165) is 18.2 Å². The van der Waals surface area contributed by atoms with Gasteiger partial charge in [0.25, 0.3) is 10.0 Å². The van der Waals surface area contributed by atoms with Gasteiger partial charge >= 0.3 is 0 Å². The van der Waals surface area contributed by atoms with E-state index in [4.69, 9.17) is 11.6 Å². The highest BCUT2D eigenvalue weighted by atomic mass is 35.5. The number of rotatable bonds is 4. The third kappa shape index (κ3) is 3.80. The monoisotopic (exact) mass is 378 g/mol. The maximum atomic E-state index is 13.6. The molecule has 0 saturated carbocycles. The number of halogens is 4. The van der Waals surface area contributed by atoms with E-state index in [1.54, 1.807) is 4.72 Å². The lowest BCUT2D eigenvalue weighted by atomic mass is 10.3. The van der Waals surface area contributed by atoms with Crippen LogP contribution in [0.25, 0.3) is 0 Å². The normalized spacial score (nSPS) is 11.2. The van der Waals surface area contributed by atoms with Crippen molar-refractivity contribution in [2.75, 3.05) is 10.0 Å². The number of amides is 1. The lowest BCUT2D eigenvalue weighted by Gasteiger charge is -2.11. The van der Waals surface area contributed by atoms with Crippen LogP contribution in [0, 0.1) is 17.5 Å². The average molecular weight is 379 g/mol. The highest BCUT2D eigenvalue weighted by molar-refractivity contribution is 7.92. The van der Waals surface area contributed by atoms with Crippen molar-refractivity contribution in [1.29, 1.82) is 0 Å². The van der Waals surface area contributed by atoms with Gasteiger partial charge in [-0.25, -0.2) is 21.6 Å². The van der Waals surface area contributed by atoms with Crippen LogP contribution < -0.4 is 10.0 Å². The maximum Gasteiger partial charge on any atom is 0.262 e. The summed E-state index contributed by atoms with van der Waals surface area (Å²) in [5.74, 6) is -5.32. The summed E-state index contributed by atoms with van der Waals surface area (Å²) in [6.07, 6.45) is 0. The Balaban J connectivity index is 2.36. The first-order valence-electron chi connectivity index (χ1n) is 6.35. The van der Waals surface area contributed by atoms with Gasteiger partial charge in [0.1, 0.15) is 0 Å². The molecule has 2 aromatic carbocycles. The first-order chi connectivity index (χ1) is 11.1. The molecule has 2 N–H and O–H groups in total. The SMILES string of the molecule is CC(=O)Nc1ccc(S(=O)(=O)Nc2ccc(F)c(F)c2F)cc1Cl. The van der Waals surface area contributed by atoms with Gasteiger partial charge in [0.05, 0.1) is 21.3 Å². The van der Waals surface area contributed by atoms with E-state index in [0.29, 0.717) is 6.07 Å². The lowest BCUT2D eigenvalue weighted by Crippen LogP contribution is -2.15. The molecular weight excluding hydrogens is 369 g/mol. The molecule has 5 nitrogen and oxygen atoms in total. The zero-order valence-corrected chi connectivity index (χ0v) is 13.6. The molecule has 2 rings (SSSR count). The average Bonchev–Trinajstić information content (AvgIpc) is 2.49. The number of benzene rings is 2. The van der Waals surface area contributed by atoms with Crippen LogP contribution in [0.5, 0.6) is 0 Å². The number of carbonyl (C=O) groups is 1. The van der Waals surface area contributed by atoms with Crippen molar-refractivity contribution in [3.63, 3.8) is 0 Å². The fraction of sp³-hybridized carbons (Fsp3) is 0.0714. The van der Waals surface area contributed by atoms with Crippen LogP contribution in [0.3, 0.4) is 0 Å². The van der Waals surface area contributed by atoms with E-state index in [9.17, 15) is 26.4 Å². The standard InChI is InChI=1S/C14H10ClF3N2O3S/c1-7(21)19-11-4-2-8(6-9(11)15)24(22,23)20-12-5-3-10(16)13(17)14(12)18/h2-6,20H,1H3,(H,19,21). The van der Waals surface area contributed by atoms with E-state index >= 15 is 0 Å². The lowest BCUT2D eigenvalue weighted by molar-refractivity contribution is -0.114. The van der Waals surface area contributed by atoms with Gasteiger partial charge in [-0.1, -0.05) is 11.6 Å². The molecule has 0 aliphatic heterocycles. The molecule has 2 aromatic rings. The third-order valence-electron chi connectivity index (χ3n) is 2.84. The first-order valence-corrected chi connectivity index (χ1v) is 8.21. The van der Waals surface area contributed by atoms with Gasteiger partial charge in [-0.2, -0.15) is 0 Å². The Bertz CT molecular complexity index is 920. The van der Waals surface area contributed by atoms with Crippen molar-refractivity contribution in [2.45, 2.75) is 11.8 Å². The quantitative estimate of drug-likeness (QED) is 0.799. The van der Waals surface area contributed by atoms with Gasteiger partial charge < -0.3 is 5.32 Å². The molecule has 0 spiro atoms. The largest absolute Gasteiger partial charge is 0.325 e. The highest BCUT2D eigenvalue weighted by Gasteiger charge is 2.21. The van der Waals surface area contributed by atoms with Gasteiger partial charge in [-0.3, -0.25) is 9.52 Å². The van der Waals surface area contributed by atoms with Crippen LogP contribution in [0.2, 0.25) is 5.02 Å². The minimum atomic E-state index is -4.31. The second-order valence-corrected chi connectivity index (χ2v) is 6.74. The Morgan fingerprint density at radius 1 is 1.04 bits per heavy atom. The summed E-state index contributed by atoms with van der Waals surface area (Å²) in [5.41, 5.74) is -0.571. The summed E-state index contributed by atoms with van der Waals surface area (Å²) < 4.78 is 65.8. The summed E-state index contributed by atoms with van der Waals surface area (Å²) in [6, 6.07) is 4.70. The molecule has 0 radical (unpaired) electrons. The molecule has 0 atom stereocenters. The van der Waals surface area contributed by atoms with E-state index in [2.05, 4.69) is 5.32 Å². The predicted octanol–water partition coefficient (Wildman–Crippen LogP) is 3.52. The number of hydrogen-bond donors (Lipinski definition) is 2. The van der Waals surface area contributed by atoms with E-state index in [1.165, 1.54) is 13.0 Å². The number of hydrogen-bond acceptors (Lipinski definition) is 3. The third-order valence-corrected chi connectivity index (χ3v) is 4.52. The molecule has 0 unspecified atom stereocenters. The van der Waals surface area contributed by atoms with Gasteiger partial charge in [0.2, 0.25) is 5.91 Å². The Kier molecular flexibility index (Phi) is 5.05. The summed E-state index contributed by atoms with van der Waals surface area (Å²) in [5, 5.41) is 2.32. The van der Waals surface area contributed by atoms with Crippen molar-refractivity contribution in [3.05, 3.63) is 52.8 Å². The molecule has 0 aliphatic carbocycles. The minimum absolute atomic E-state index is 0.0705. The van der Waals surface area contributed by atoms with Crippen LogP contribution in [-0.4, -0.2) is 14.3 Å². The number of carbonyl (C=O) groups excluding carboxylic acids is 1. The molecule has 24 heavy (non-hydrogen) atoms. The molecule has 0 aromatic heterocycles. The molecule has 1 amide bonds. The van der Waals surface area contributed by atoms with Crippen LogP contribution in [0.1, 0.15) is 6.92 Å². The molecule has 0 bridgehead atoms. The van der Waals surface area contributed by atoms with E-state index in [1.807, 2.05) is 0 Å². The van der Waals surface area contributed by atoms with Crippen molar-refractivity contribution in [3.8, 4) is 0 Å². The van der Waals surface area contributed by atoms with Crippen LogP contribution >= 0.6 is 11.6 Å². The van der Waals surface area contributed by atoms with Crippen LogP contribution in [0.4, 0.5) is 24.5 Å². The highest BCUT2D eigenvalue weighted by Crippen LogP contribution is 2.27. The summed E-state index contributed by atoms with van der Waals surface area (Å²) in [6.45, 7) is 1.24. The number of nitrogens with one attached hydrogen (secondary N) is 2. The van der Waals surface area contributed by atoms with Crippen molar-refractivity contribution in [1.82, 2.24) is 0 Å². The summed E-state index contributed by atoms with van der Waals surface area (Å²) >= 11 is 5.87. The topological polar surface area (TPSA) is 75.3 Å². The molecule has 0 saturated heterocycles. The second-order valence-electron chi connectivity index (χ2n) is 4.65. The van der Waals surface area contributed by atoms with Gasteiger partial charge in [-0.15, -0.1) is 0 Å². The van der Waals surface area contributed by atoms with Crippen LogP contribution in [-0.2, 0) is 14.8 Å². The van der Waals surface area contributed by atoms with Crippen molar-refractivity contribution < 1.29 is 26.4 Å². The fourth-order valence-electron chi connectivity index (χ4n) is 1.76. The molecule has 0 heterocycles. The van der Waals surface area contributed by atoms with Gasteiger partial charge in [-0.05, 0) is 30.3 Å². The van der Waals surface area contributed by atoms with E-state index in [-0.39, 0.29) is 15.6 Å². The zero-order chi connectivity index (χ0) is 18.1. The first kappa shape index (κ1) is 18.1. The second kappa shape index (κ2) is 6.70. The smallest absolute Gasteiger partial charge is 0.262 e. The Labute approximate surface area is 140 Å². The van der Waals surface area contributed by atoms with Crippen LogP contribution in [0.15, 0.2) is 35.2 Å². The Hall–Kier alpha value is -2.26. The Morgan fingerprint density at radius 2 is 1.67 bits per heavy atom. The molecule has 0 fully saturated rings. The maximum absolute atomic E-state index is 13.6. The summed E-state index contributed by atoms with van der Waals surface area (Å²) in [4.78, 5) is 10.6. The molecule has 128 valence electrons. The van der Waals surface area contributed by atoms with Gasteiger partial charge in [0, 0.05) is 6.92 Å². The van der Waals surface area contributed by atoms with Crippen molar-refractivity contribution in [2.24, 2.45) is 0 Å².